The first-order valence-electron chi connectivity index (χ1n) is 4.43. The van der Waals surface area contributed by atoms with Crippen LogP contribution in [0.15, 0.2) is 30.3 Å². The van der Waals surface area contributed by atoms with Crippen LogP contribution in [-0.4, -0.2) is 0 Å². The molecule has 1 aromatic carbocycles. The van der Waals surface area contributed by atoms with E-state index >= 15 is 0 Å². The molecule has 56 valence electrons. The Bertz CT molecular complexity index is 267. The second-order valence-corrected chi connectivity index (χ2v) is 4.13. The van der Waals surface area contributed by atoms with E-state index in [4.69, 9.17) is 0 Å². The van der Waals surface area contributed by atoms with Crippen molar-refractivity contribution < 1.29 is 0 Å². The van der Waals surface area contributed by atoms with Gasteiger partial charge in [-0.05, 0) is 36.2 Å². The SMILES string of the molecule is c1ccc(CC23CC2C3)cc1. The Hall–Kier alpha value is -0.780. The standard InChI is InChI=1S/C11H12/c1-2-4-9(5-3-1)6-11-7-10(11)8-11/h1-5,10H,6-8H2. The Labute approximate surface area is 67.2 Å². The number of hydrogen-bond acceptors (Lipinski definition) is 0. The van der Waals surface area contributed by atoms with Crippen LogP contribution in [0.1, 0.15) is 18.4 Å². The third-order valence-electron chi connectivity index (χ3n) is 3.25. The van der Waals surface area contributed by atoms with Crippen LogP contribution in [0.2, 0.25) is 0 Å². The molecule has 2 aliphatic rings. The molecule has 0 aromatic heterocycles. The van der Waals surface area contributed by atoms with Crippen molar-refractivity contribution in [1.82, 2.24) is 0 Å². The van der Waals surface area contributed by atoms with Gasteiger partial charge in [0.15, 0.2) is 0 Å². The van der Waals surface area contributed by atoms with Crippen molar-refractivity contribution in [2.75, 3.05) is 0 Å². The molecule has 0 heterocycles. The highest BCUT2D eigenvalue weighted by molar-refractivity contribution is 5.26. The molecule has 1 aromatic rings. The summed E-state index contributed by atoms with van der Waals surface area (Å²) in [6, 6.07) is 10.9. The lowest BCUT2D eigenvalue weighted by molar-refractivity contribution is 0.644. The Morgan fingerprint density at radius 1 is 1.18 bits per heavy atom. The van der Waals surface area contributed by atoms with Crippen LogP contribution in [0.5, 0.6) is 0 Å². The average molecular weight is 144 g/mol. The van der Waals surface area contributed by atoms with Crippen LogP contribution < -0.4 is 0 Å². The summed E-state index contributed by atoms with van der Waals surface area (Å²) in [7, 11) is 0. The first-order valence-corrected chi connectivity index (χ1v) is 4.43. The fourth-order valence-electron chi connectivity index (χ4n) is 2.09. The van der Waals surface area contributed by atoms with Gasteiger partial charge in [0.1, 0.15) is 0 Å². The molecule has 2 fully saturated rings. The third kappa shape index (κ3) is 0.819. The van der Waals surface area contributed by atoms with E-state index in [2.05, 4.69) is 30.3 Å². The molecule has 0 spiro atoms. The molecule has 2 aliphatic carbocycles. The molecule has 0 nitrogen and oxygen atoms in total. The molecule has 0 radical (unpaired) electrons. The predicted octanol–water partition coefficient (Wildman–Crippen LogP) is 2.64. The van der Waals surface area contributed by atoms with Gasteiger partial charge in [-0.3, -0.25) is 0 Å². The van der Waals surface area contributed by atoms with Crippen LogP contribution in [-0.2, 0) is 6.42 Å². The highest BCUT2D eigenvalue weighted by atomic mass is 14.7. The summed E-state index contributed by atoms with van der Waals surface area (Å²) in [6.45, 7) is 0. The molecule has 0 bridgehead atoms. The van der Waals surface area contributed by atoms with Crippen molar-refractivity contribution in [3.05, 3.63) is 35.9 Å². The second-order valence-electron chi connectivity index (χ2n) is 4.13. The average Bonchev–Trinajstić information content (AvgIpc) is 2.79. The van der Waals surface area contributed by atoms with E-state index in [1.54, 1.807) is 0 Å². The van der Waals surface area contributed by atoms with Crippen molar-refractivity contribution in [2.45, 2.75) is 19.3 Å². The van der Waals surface area contributed by atoms with Crippen LogP contribution in [0.4, 0.5) is 0 Å². The summed E-state index contributed by atoms with van der Waals surface area (Å²) < 4.78 is 0. The van der Waals surface area contributed by atoms with Gasteiger partial charge in [0.05, 0.1) is 0 Å². The molecule has 0 heteroatoms. The highest BCUT2D eigenvalue weighted by Crippen LogP contribution is 2.76. The van der Waals surface area contributed by atoms with Gasteiger partial charge in [0.25, 0.3) is 0 Å². The molecule has 0 atom stereocenters. The summed E-state index contributed by atoms with van der Waals surface area (Å²) in [5.41, 5.74) is 2.36. The quantitative estimate of drug-likeness (QED) is 0.598. The van der Waals surface area contributed by atoms with Crippen molar-refractivity contribution in [2.24, 2.45) is 11.3 Å². The number of fused-ring (bicyclic) bond motifs is 1. The minimum absolute atomic E-state index is 0.821. The first kappa shape index (κ1) is 5.82. The lowest BCUT2D eigenvalue weighted by Crippen LogP contribution is -1.92. The normalized spacial score (nSPS) is 38.0. The Kier molecular flexibility index (Phi) is 0.892. The van der Waals surface area contributed by atoms with Crippen molar-refractivity contribution in [3.8, 4) is 0 Å². The van der Waals surface area contributed by atoms with Crippen molar-refractivity contribution in [3.63, 3.8) is 0 Å². The Morgan fingerprint density at radius 2 is 1.82 bits per heavy atom. The summed E-state index contributed by atoms with van der Waals surface area (Å²) in [6.07, 6.45) is 4.38. The highest BCUT2D eigenvalue weighted by Gasteiger charge is 2.68. The van der Waals surface area contributed by atoms with E-state index in [-0.39, 0.29) is 0 Å². The van der Waals surface area contributed by atoms with Gasteiger partial charge in [-0.1, -0.05) is 30.3 Å². The molecule has 0 saturated heterocycles. The zero-order chi connectivity index (χ0) is 7.31. The minimum Gasteiger partial charge on any atom is -0.0622 e. The number of hydrogen-bond donors (Lipinski definition) is 0. The fourth-order valence-corrected chi connectivity index (χ4v) is 2.09. The molecule has 0 aliphatic heterocycles. The topological polar surface area (TPSA) is 0 Å². The molecule has 0 unspecified atom stereocenters. The smallest absolute Gasteiger partial charge is 0.0219 e. The van der Waals surface area contributed by atoms with Crippen LogP contribution in [0.3, 0.4) is 0 Å². The van der Waals surface area contributed by atoms with E-state index in [1.165, 1.54) is 24.8 Å². The van der Waals surface area contributed by atoms with Gasteiger partial charge in [-0.15, -0.1) is 0 Å². The van der Waals surface area contributed by atoms with Crippen LogP contribution in [0.25, 0.3) is 0 Å². The van der Waals surface area contributed by atoms with E-state index in [1.807, 2.05) is 0 Å². The summed E-state index contributed by atoms with van der Waals surface area (Å²) in [4.78, 5) is 0. The summed E-state index contributed by atoms with van der Waals surface area (Å²) >= 11 is 0. The maximum Gasteiger partial charge on any atom is -0.0219 e. The fraction of sp³-hybridized carbons (Fsp3) is 0.455. The van der Waals surface area contributed by atoms with Gasteiger partial charge in [0.2, 0.25) is 0 Å². The first-order chi connectivity index (χ1) is 5.39. The zero-order valence-corrected chi connectivity index (χ0v) is 6.59. The minimum atomic E-state index is 0.821. The van der Waals surface area contributed by atoms with Gasteiger partial charge < -0.3 is 0 Å². The monoisotopic (exact) mass is 144 g/mol. The lowest BCUT2D eigenvalue weighted by atomic mass is 10.0. The van der Waals surface area contributed by atoms with Gasteiger partial charge >= 0.3 is 0 Å². The van der Waals surface area contributed by atoms with Crippen molar-refractivity contribution >= 4 is 0 Å². The van der Waals surface area contributed by atoms with Gasteiger partial charge in [-0.25, -0.2) is 0 Å². The molecule has 0 amide bonds. The Balaban J connectivity index is 1.80. The zero-order valence-electron chi connectivity index (χ0n) is 6.59. The maximum atomic E-state index is 2.25. The summed E-state index contributed by atoms with van der Waals surface area (Å²) in [5, 5.41) is 0. The molecular formula is C11H12. The largest absolute Gasteiger partial charge is 0.0622 e. The third-order valence-corrected chi connectivity index (χ3v) is 3.25. The second kappa shape index (κ2) is 1.69. The predicted molar refractivity (Wildman–Crippen MR) is 45.3 cm³/mol. The Morgan fingerprint density at radius 3 is 2.36 bits per heavy atom. The molecular weight excluding hydrogens is 132 g/mol. The summed E-state index contributed by atoms with van der Waals surface area (Å²) in [5.74, 6) is 1.13. The number of benzene rings is 1. The van der Waals surface area contributed by atoms with E-state index < -0.39 is 0 Å². The lowest BCUT2D eigenvalue weighted by Gasteiger charge is -2.01. The van der Waals surface area contributed by atoms with E-state index in [0.29, 0.717) is 0 Å². The van der Waals surface area contributed by atoms with Crippen LogP contribution >= 0.6 is 0 Å². The maximum absolute atomic E-state index is 2.25. The molecule has 0 N–H and O–H groups in total. The van der Waals surface area contributed by atoms with Gasteiger partial charge in [-0.2, -0.15) is 0 Å². The van der Waals surface area contributed by atoms with Crippen molar-refractivity contribution in [1.29, 1.82) is 0 Å². The van der Waals surface area contributed by atoms with Gasteiger partial charge in [0, 0.05) is 0 Å². The number of rotatable bonds is 2. The molecule has 11 heavy (non-hydrogen) atoms. The molecule has 2 saturated carbocycles. The van der Waals surface area contributed by atoms with Crippen LogP contribution in [0, 0.1) is 11.3 Å². The molecule has 3 rings (SSSR count). The van der Waals surface area contributed by atoms with E-state index in [9.17, 15) is 0 Å². The van der Waals surface area contributed by atoms with E-state index in [0.717, 1.165) is 11.3 Å².